The van der Waals surface area contributed by atoms with Gasteiger partial charge in [0.15, 0.2) is 0 Å². The molecule has 4 aliphatic rings. The number of aliphatic hydroxyl groups is 1. The van der Waals surface area contributed by atoms with E-state index in [2.05, 4.69) is 34.6 Å². The fourth-order valence-corrected chi connectivity index (χ4v) is 8.53. The molecule has 5 rings (SSSR count). The third-order valence-electron chi connectivity index (χ3n) is 10.0. The van der Waals surface area contributed by atoms with Gasteiger partial charge in [0, 0.05) is 37.5 Å². The molecular weight excluding hydrogens is 554 g/mol. The molecule has 4 heterocycles. The summed E-state index contributed by atoms with van der Waals surface area (Å²) in [4.78, 5) is 49.7. The van der Waals surface area contributed by atoms with E-state index in [1.54, 1.807) is 9.80 Å². The van der Waals surface area contributed by atoms with Crippen molar-refractivity contribution < 1.29 is 24.2 Å². The standard InChI is InChI=1S/C36H51N3O5/c1-7-35-19-15-22-37(26-17-11-10-12-18-26)30(41)27(35)28-31(42)38(21-13-8-9-14-24-40)29-32(43)39(23-16-20-36(28,29)44-35)34(5,6)25-33(2,3)4/h10-12,15-20,27-29,40H,7-9,13-14,21-25H2,1-6H3/t27-,28+,29?,35+,36+/m1/s1. The molecule has 2 saturated heterocycles. The third-order valence-corrected chi connectivity index (χ3v) is 10.0. The second-order valence-electron chi connectivity index (χ2n) is 14.9. The molecule has 1 aromatic rings. The minimum atomic E-state index is -1.26. The monoisotopic (exact) mass is 605 g/mol. The fraction of sp³-hybridized carbons (Fsp3) is 0.639. The molecule has 44 heavy (non-hydrogen) atoms. The molecule has 0 bridgehead atoms. The Labute approximate surface area is 263 Å². The molecule has 0 aromatic heterocycles. The highest BCUT2D eigenvalue weighted by Gasteiger charge is 2.75. The van der Waals surface area contributed by atoms with Crippen molar-refractivity contribution in [1.82, 2.24) is 9.80 Å². The van der Waals surface area contributed by atoms with Crippen molar-refractivity contribution in [2.45, 2.75) is 103 Å². The van der Waals surface area contributed by atoms with Gasteiger partial charge in [-0.05, 0) is 57.1 Å². The van der Waals surface area contributed by atoms with Crippen molar-refractivity contribution in [2.75, 3.05) is 31.1 Å². The Morgan fingerprint density at radius 3 is 2.20 bits per heavy atom. The maximum Gasteiger partial charge on any atom is 0.249 e. The van der Waals surface area contributed by atoms with Gasteiger partial charge in [0.25, 0.3) is 0 Å². The first kappa shape index (κ1) is 32.4. The SMILES string of the molecule is CC[C@]12C=CCN(c3ccccc3)C(=O)[C@H]1[C@H]1C(=O)N(CCCCCCO)C3C(=O)N(C(C)(C)CC(C)(C)C)CC=C[C@@]31O2. The average Bonchev–Trinajstić information content (AvgIpc) is 3.23. The van der Waals surface area contributed by atoms with Crippen LogP contribution < -0.4 is 4.90 Å². The first-order valence-electron chi connectivity index (χ1n) is 16.5. The Morgan fingerprint density at radius 1 is 0.864 bits per heavy atom. The molecule has 2 fully saturated rings. The van der Waals surface area contributed by atoms with Crippen LogP contribution in [0.15, 0.2) is 54.6 Å². The van der Waals surface area contributed by atoms with Gasteiger partial charge in [0.1, 0.15) is 11.6 Å². The lowest BCUT2D eigenvalue weighted by atomic mass is 9.72. The summed E-state index contributed by atoms with van der Waals surface area (Å²) >= 11 is 0. The van der Waals surface area contributed by atoms with E-state index in [-0.39, 0.29) is 29.7 Å². The molecule has 240 valence electrons. The van der Waals surface area contributed by atoms with Crippen LogP contribution in [-0.4, -0.2) is 81.7 Å². The average molecular weight is 606 g/mol. The van der Waals surface area contributed by atoms with Gasteiger partial charge in [0.2, 0.25) is 17.7 Å². The van der Waals surface area contributed by atoms with Gasteiger partial charge in [-0.25, -0.2) is 0 Å². The van der Waals surface area contributed by atoms with Gasteiger partial charge < -0.3 is 24.5 Å². The largest absolute Gasteiger partial charge is 0.396 e. The zero-order valence-corrected chi connectivity index (χ0v) is 27.4. The summed E-state index contributed by atoms with van der Waals surface area (Å²) in [5, 5.41) is 9.26. The Kier molecular flexibility index (Phi) is 8.91. The van der Waals surface area contributed by atoms with Crippen molar-refractivity contribution in [3.63, 3.8) is 0 Å². The Balaban J connectivity index is 1.60. The minimum absolute atomic E-state index is 0.0145. The molecule has 3 amide bonds. The van der Waals surface area contributed by atoms with Crippen LogP contribution in [0.25, 0.3) is 0 Å². The van der Waals surface area contributed by atoms with Crippen molar-refractivity contribution in [3.05, 3.63) is 54.6 Å². The summed E-state index contributed by atoms with van der Waals surface area (Å²) in [6.07, 6.45) is 12.3. The molecule has 1 N–H and O–H groups in total. The topological polar surface area (TPSA) is 90.4 Å². The molecule has 8 heteroatoms. The second kappa shape index (κ2) is 12.1. The van der Waals surface area contributed by atoms with E-state index in [1.165, 1.54) is 0 Å². The molecule has 1 unspecified atom stereocenters. The van der Waals surface area contributed by atoms with Crippen LogP contribution in [0, 0.1) is 17.3 Å². The Bertz CT molecular complexity index is 1300. The number of ether oxygens (including phenoxy) is 1. The summed E-state index contributed by atoms with van der Waals surface area (Å²) in [7, 11) is 0. The van der Waals surface area contributed by atoms with E-state index in [0.717, 1.165) is 24.9 Å². The van der Waals surface area contributed by atoms with Crippen LogP contribution >= 0.6 is 0 Å². The number of fused-ring (bicyclic) bond motifs is 2. The molecule has 4 aliphatic heterocycles. The highest BCUT2D eigenvalue weighted by Crippen LogP contribution is 2.59. The molecular formula is C36H51N3O5. The lowest BCUT2D eigenvalue weighted by molar-refractivity contribution is -0.156. The van der Waals surface area contributed by atoms with Crippen LogP contribution in [0.2, 0.25) is 0 Å². The van der Waals surface area contributed by atoms with E-state index in [1.807, 2.05) is 66.5 Å². The zero-order chi connectivity index (χ0) is 31.9. The third kappa shape index (κ3) is 5.53. The summed E-state index contributed by atoms with van der Waals surface area (Å²) in [5.74, 6) is -2.03. The number of amides is 3. The molecule has 0 radical (unpaired) electrons. The highest BCUT2D eigenvalue weighted by atomic mass is 16.5. The number of anilines is 1. The van der Waals surface area contributed by atoms with Crippen LogP contribution in [0.5, 0.6) is 0 Å². The van der Waals surface area contributed by atoms with E-state index >= 15 is 0 Å². The van der Waals surface area contributed by atoms with E-state index in [9.17, 15) is 19.5 Å². The second-order valence-corrected chi connectivity index (χ2v) is 14.9. The lowest BCUT2D eigenvalue weighted by Gasteiger charge is -2.45. The van der Waals surface area contributed by atoms with Gasteiger partial charge in [-0.1, -0.05) is 83.0 Å². The van der Waals surface area contributed by atoms with Crippen LogP contribution in [0.4, 0.5) is 5.69 Å². The Morgan fingerprint density at radius 2 is 1.55 bits per heavy atom. The van der Waals surface area contributed by atoms with Crippen molar-refractivity contribution in [3.8, 4) is 0 Å². The van der Waals surface area contributed by atoms with Gasteiger partial charge in [-0.15, -0.1) is 0 Å². The molecule has 0 saturated carbocycles. The Hall–Kier alpha value is -2.97. The van der Waals surface area contributed by atoms with Crippen LogP contribution in [0.1, 0.15) is 80.1 Å². The van der Waals surface area contributed by atoms with Crippen molar-refractivity contribution in [1.29, 1.82) is 0 Å². The highest BCUT2D eigenvalue weighted by molar-refractivity contribution is 6.04. The summed E-state index contributed by atoms with van der Waals surface area (Å²) in [6.45, 7) is 14.1. The quantitative estimate of drug-likeness (QED) is 0.296. The van der Waals surface area contributed by atoms with Gasteiger partial charge in [0.05, 0.1) is 17.4 Å². The smallest absolute Gasteiger partial charge is 0.249 e. The van der Waals surface area contributed by atoms with Crippen LogP contribution in [-0.2, 0) is 19.1 Å². The molecule has 0 aliphatic carbocycles. The number of para-hydroxylation sites is 1. The fourth-order valence-electron chi connectivity index (χ4n) is 8.53. The van der Waals surface area contributed by atoms with Crippen LogP contribution in [0.3, 0.4) is 0 Å². The normalized spacial score (nSPS) is 30.4. The van der Waals surface area contributed by atoms with Gasteiger partial charge in [-0.2, -0.15) is 0 Å². The number of rotatable bonds is 10. The number of hydrogen-bond acceptors (Lipinski definition) is 5. The number of benzene rings is 1. The number of likely N-dealkylation sites (tertiary alicyclic amines) is 1. The van der Waals surface area contributed by atoms with E-state index in [4.69, 9.17) is 4.74 Å². The lowest BCUT2D eigenvalue weighted by Crippen LogP contribution is -2.60. The van der Waals surface area contributed by atoms with Crippen molar-refractivity contribution >= 4 is 23.4 Å². The summed E-state index contributed by atoms with van der Waals surface area (Å²) < 4.78 is 7.15. The number of carbonyl (C=O) groups is 3. The number of unbranched alkanes of at least 4 members (excludes halogenated alkanes) is 3. The van der Waals surface area contributed by atoms with E-state index in [0.29, 0.717) is 38.9 Å². The predicted octanol–water partition coefficient (Wildman–Crippen LogP) is 5.12. The number of nitrogens with zero attached hydrogens (tertiary/aromatic N) is 3. The van der Waals surface area contributed by atoms with Gasteiger partial charge >= 0.3 is 0 Å². The van der Waals surface area contributed by atoms with Gasteiger partial charge in [-0.3, -0.25) is 14.4 Å². The number of aliphatic hydroxyl groups excluding tert-OH is 1. The summed E-state index contributed by atoms with van der Waals surface area (Å²) in [5.41, 5.74) is -1.97. The first-order valence-corrected chi connectivity index (χ1v) is 16.5. The maximum absolute atomic E-state index is 14.9. The van der Waals surface area contributed by atoms with Crippen molar-refractivity contribution in [2.24, 2.45) is 17.3 Å². The molecule has 1 aromatic carbocycles. The maximum atomic E-state index is 14.9. The zero-order valence-electron chi connectivity index (χ0n) is 27.4. The number of carbonyl (C=O) groups excluding carboxylic acids is 3. The molecule has 5 atom stereocenters. The van der Waals surface area contributed by atoms with E-state index < -0.39 is 34.6 Å². The molecule has 1 spiro atoms. The molecule has 8 nitrogen and oxygen atoms in total. The predicted molar refractivity (Wildman–Crippen MR) is 172 cm³/mol. The summed E-state index contributed by atoms with van der Waals surface area (Å²) in [6, 6.07) is 8.71. The first-order chi connectivity index (χ1) is 20.8. The minimum Gasteiger partial charge on any atom is -0.396 e. The number of hydrogen-bond donors (Lipinski definition) is 1.